The molecule has 0 aliphatic carbocycles. The van der Waals surface area contributed by atoms with Gasteiger partial charge in [0.1, 0.15) is 5.75 Å². The first-order chi connectivity index (χ1) is 9.15. The highest BCUT2D eigenvalue weighted by Gasteiger charge is 2.20. The molecule has 1 saturated heterocycles. The summed E-state index contributed by atoms with van der Waals surface area (Å²) in [5.74, 6) is 0.244. The molecule has 1 atom stereocenters. The number of benzene rings is 1. The first-order valence-electron chi connectivity index (χ1n) is 6.18. The molecule has 0 saturated carbocycles. The lowest BCUT2D eigenvalue weighted by molar-refractivity contribution is -0.119. The van der Waals surface area contributed by atoms with E-state index in [4.69, 9.17) is 0 Å². The second-order valence-corrected chi connectivity index (χ2v) is 4.42. The van der Waals surface area contributed by atoms with E-state index in [1.807, 2.05) is 0 Å². The SMILES string of the molecule is O=C1CCC(CNCc2ccccc2OC(F)F)N1. The molecule has 1 aromatic carbocycles. The molecule has 1 fully saturated rings. The molecule has 1 aromatic rings. The van der Waals surface area contributed by atoms with Crippen molar-refractivity contribution in [3.8, 4) is 5.75 Å². The summed E-state index contributed by atoms with van der Waals surface area (Å²) in [6, 6.07) is 6.79. The van der Waals surface area contributed by atoms with Gasteiger partial charge in [-0.05, 0) is 12.5 Å². The summed E-state index contributed by atoms with van der Waals surface area (Å²) in [5.41, 5.74) is 0.673. The van der Waals surface area contributed by atoms with E-state index in [2.05, 4.69) is 15.4 Å². The van der Waals surface area contributed by atoms with Gasteiger partial charge in [0, 0.05) is 31.1 Å². The molecule has 1 amide bonds. The van der Waals surface area contributed by atoms with Crippen molar-refractivity contribution >= 4 is 5.91 Å². The van der Waals surface area contributed by atoms with Crippen LogP contribution in [0, 0.1) is 0 Å². The lowest BCUT2D eigenvalue weighted by Crippen LogP contribution is -2.35. The van der Waals surface area contributed by atoms with Gasteiger partial charge in [0.15, 0.2) is 0 Å². The van der Waals surface area contributed by atoms with Gasteiger partial charge < -0.3 is 15.4 Å². The maximum Gasteiger partial charge on any atom is 0.387 e. The summed E-state index contributed by atoms with van der Waals surface area (Å²) >= 11 is 0. The standard InChI is InChI=1S/C13H16F2N2O2/c14-13(15)19-11-4-2-1-3-9(11)7-16-8-10-5-6-12(18)17-10/h1-4,10,13,16H,5-8H2,(H,17,18). The molecule has 104 valence electrons. The molecule has 2 rings (SSSR count). The predicted octanol–water partition coefficient (Wildman–Crippen LogP) is 1.66. The normalized spacial score (nSPS) is 18.7. The van der Waals surface area contributed by atoms with Gasteiger partial charge in [0.05, 0.1) is 0 Å². The quantitative estimate of drug-likeness (QED) is 0.826. The van der Waals surface area contributed by atoms with Crippen LogP contribution in [0.2, 0.25) is 0 Å². The monoisotopic (exact) mass is 270 g/mol. The minimum atomic E-state index is -2.82. The summed E-state index contributed by atoms with van der Waals surface area (Å²) < 4.78 is 28.9. The molecule has 1 heterocycles. The summed E-state index contributed by atoms with van der Waals surface area (Å²) in [4.78, 5) is 11.0. The maximum atomic E-state index is 12.2. The minimum Gasteiger partial charge on any atom is -0.434 e. The molecule has 0 bridgehead atoms. The van der Waals surface area contributed by atoms with Gasteiger partial charge in [-0.1, -0.05) is 18.2 Å². The average Bonchev–Trinajstić information content (AvgIpc) is 2.77. The van der Waals surface area contributed by atoms with Crippen LogP contribution in [-0.2, 0) is 11.3 Å². The third-order valence-corrected chi connectivity index (χ3v) is 2.98. The van der Waals surface area contributed by atoms with Crippen LogP contribution in [0.4, 0.5) is 8.78 Å². The topological polar surface area (TPSA) is 50.4 Å². The Hall–Kier alpha value is -1.69. The number of amides is 1. The van der Waals surface area contributed by atoms with E-state index in [1.54, 1.807) is 18.2 Å². The van der Waals surface area contributed by atoms with Gasteiger partial charge in [0.2, 0.25) is 5.91 Å². The molecule has 1 aliphatic rings. The fourth-order valence-corrected chi connectivity index (χ4v) is 2.07. The number of para-hydroxylation sites is 1. The molecule has 0 spiro atoms. The van der Waals surface area contributed by atoms with Crippen molar-refractivity contribution < 1.29 is 18.3 Å². The van der Waals surface area contributed by atoms with Crippen LogP contribution in [0.15, 0.2) is 24.3 Å². The lowest BCUT2D eigenvalue weighted by Gasteiger charge is -2.13. The Balaban J connectivity index is 1.83. The third kappa shape index (κ3) is 4.17. The molecule has 2 N–H and O–H groups in total. The molecule has 0 radical (unpaired) electrons. The van der Waals surface area contributed by atoms with Crippen LogP contribution in [0.3, 0.4) is 0 Å². The number of hydrogen-bond acceptors (Lipinski definition) is 3. The van der Waals surface area contributed by atoms with E-state index < -0.39 is 6.61 Å². The van der Waals surface area contributed by atoms with Crippen molar-refractivity contribution in [1.29, 1.82) is 0 Å². The number of nitrogens with one attached hydrogen (secondary N) is 2. The Labute approximate surface area is 110 Å². The number of carbonyl (C=O) groups is 1. The third-order valence-electron chi connectivity index (χ3n) is 2.98. The molecule has 1 aliphatic heterocycles. The predicted molar refractivity (Wildman–Crippen MR) is 65.9 cm³/mol. The van der Waals surface area contributed by atoms with Crippen LogP contribution < -0.4 is 15.4 Å². The zero-order valence-corrected chi connectivity index (χ0v) is 10.4. The number of rotatable bonds is 6. The first-order valence-corrected chi connectivity index (χ1v) is 6.18. The van der Waals surface area contributed by atoms with Gasteiger partial charge in [-0.25, -0.2) is 0 Å². The average molecular weight is 270 g/mol. The van der Waals surface area contributed by atoms with E-state index >= 15 is 0 Å². The van der Waals surface area contributed by atoms with Crippen LogP contribution in [-0.4, -0.2) is 25.1 Å². The fraction of sp³-hybridized carbons (Fsp3) is 0.462. The Bertz CT molecular complexity index is 440. The van der Waals surface area contributed by atoms with Crippen molar-refractivity contribution in [3.63, 3.8) is 0 Å². The summed E-state index contributed by atoms with van der Waals surface area (Å²) in [5, 5.41) is 5.97. The number of carbonyl (C=O) groups excluding carboxylic acids is 1. The fourth-order valence-electron chi connectivity index (χ4n) is 2.07. The second-order valence-electron chi connectivity index (χ2n) is 4.42. The molecule has 0 aromatic heterocycles. The van der Waals surface area contributed by atoms with Crippen molar-refractivity contribution in [3.05, 3.63) is 29.8 Å². The van der Waals surface area contributed by atoms with Crippen LogP contribution in [0.5, 0.6) is 5.75 Å². The Morgan fingerprint density at radius 2 is 2.21 bits per heavy atom. The van der Waals surface area contributed by atoms with E-state index in [0.29, 0.717) is 25.1 Å². The highest BCUT2D eigenvalue weighted by atomic mass is 19.3. The van der Waals surface area contributed by atoms with E-state index in [9.17, 15) is 13.6 Å². The molecular weight excluding hydrogens is 254 g/mol. The van der Waals surface area contributed by atoms with Crippen molar-refractivity contribution in [2.45, 2.75) is 32.0 Å². The van der Waals surface area contributed by atoms with Gasteiger partial charge in [-0.3, -0.25) is 4.79 Å². The van der Waals surface area contributed by atoms with E-state index in [0.717, 1.165) is 6.42 Å². The zero-order valence-electron chi connectivity index (χ0n) is 10.4. The van der Waals surface area contributed by atoms with Gasteiger partial charge in [0.25, 0.3) is 0 Å². The Morgan fingerprint density at radius 1 is 1.42 bits per heavy atom. The van der Waals surface area contributed by atoms with Gasteiger partial charge in [-0.15, -0.1) is 0 Å². The Kier molecular flexibility index (Phi) is 4.68. The Morgan fingerprint density at radius 3 is 2.89 bits per heavy atom. The highest BCUT2D eigenvalue weighted by molar-refractivity contribution is 5.78. The molecule has 19 heavy (non-hydrogen) atoms. The summed E-state index contributed by atoms with van der Waals surface area (Å²) in [6.45, 7) is -1.78. The number of hydrogen-bond donors (Lipinski definition) is 2. The molecule has 1 unspecified atom stereocenters. The smallest absolute Gasteiger partial charge is 0.387 e. The molecule has 6 heteroatoms. The van der Waals surface area contributed by atoms with E-state index in [1.165, 1.54) is 6.07 Å². The number of halogens is 2. The maximum absolute atomic E-state index is 12.2. The minimum absolute atomic E-state index is 0.0632. The number of ether oxygens (including phenoxy) is 1. The second kappa shape index (κ2) is 6.47. The largest absolute Gasteiger partial charge is 0.434 e. The molecule has 4 nitrogen and oxygen atoms in total. The van der Waals surface area contributed by atoms with Crippen LogP contribution in [0.1, 0.15) is 18.4 Å². The van der Waals surface area contributed by atoms with Crippen molar-refractivity contribution in [2.24, 2.45) is 0 Å². The zero-order chi connectivity index (χ0) is 13.7. The lowest BCUT2D eigenvalue weighted by atomic mass is 10.2. The van der Waals surface area contributed by atoms with Crippen molar-refractivity contribution in [2.75, 3.05) is 6.54 Å². The summed E-state index contributed by atoms with van der Waals surface area (Å²) in [7, 11) is 0. The highest BCUT2D eigenvalue weighted by Crippen LogP contribution is 2.20. The van der Waals surface area contributed by atoms with Crippen LogP contribution >= 0.6 is 0 Å². The van der Waals surface area contributed by atoms with Crippen molar-refractivity contribution in [1.82, 2.24) is 10.6 Å². The first kappa shape index (κ1) is 13.7. The van der Waals surface area contributed by atoms with E-state index in [-0.39, 0.29) is 17.7 Å². The molecular formula is C13H16F2N2O2. The van der Waals surface area contributed by atoms with Gasteiger partial charge >= 0.3 is 6.61 Å². The van der Waals surface area contributed by atoms with Crippen LogP contribution in [0.25, 0.3) is 0 Å². The summed E-state index contributed by atoms with van der Waals surface area (Å²) in [6.07, 6.45) is 1.36. The number of alkyl halides is 2. The van der Waals surface area contributed by atoms with Gasteiger partial charge in [-0.2, -0.15) is 8.78 Å².